The van der Waals surface area contributed by atoms with Crippen LogP contribution in [-0.2, 0) is 11.3 Å². The molecule has 4 rings (SSSR count). The fourth-order valence-corrected chi connectivity index (χ4v) is 4.72. The van der Waals surface area contributed by atoms with Crippen LogP contribution < -0.4 is 20.1 Å². The van der Waals surface area contributed by atoms with Gasteiger partial charge in [0.25, 0.3) is 0 Å². The second-order valence-corrected chi connectivity index (χ2v) is 7.78. The van der Waals surface area contributed by atoms with E-state index in [1.54, 1.807) is 0 Å². The number of amides is 1. The molecule has 1 aromatic rings. The SMILES string of the molecule is Cl.O=C(NCc1cc(Cl)c2c(c1)OCCCO2)[C@@]12CCCC[C@H]1CNC2. The Morgan fingerprint density at radius 1 is 1.27 bits per heavy atom. The average molecular weight is 401 g/mol. The van der Waals surface area contributed by atoms with Crippen molar-refractivity contribution < 1.29 is 14.3 Å². The second-order valence-electron chi connectivity index (χ2n) is 7.37. The fraction of sp³-hybridized carbons (Fsp3) is 0.632. The molecular weight excluding hydrogens is 375 g/mol. The molecule has 0 bridgehead atoms. The molecule has 2 N–H and O–H groups in total. The molecule has 2 atom stereocenters. The molecule has 2 aliphatic heterocycles. The predicted octanol–water partition coefficient (Wildman–Crippen LogP) is 3.32. The van der Waals surface area contributed by atoms with Gasteiger partial charge in [0.15, 0.2) is 11.5 Å². The molecule has 26 heavy (non-hydrogen) atoms. The lowest BCUT2D eigenvalue weighted by Gasteiger charge is -2.37. The van der Waals surface area contributed by atoms with Crippen LogP contribution in [0.3, 0.4) is 0 Å². The number of carbonyl (C=O) groups excluding carboxylic acids is 1. The monoisotopic (exact) mass is 400 g/mol. The summed E-state index contributed by atoms with van der Waals surface area (Å²) in [5.74, 6) is 1.92. The summed E-state index contributed by atoms with van der Waals surface area (Å²) in [6.45, 7) is 3.45. The van der Waals surface area contributed by atoms with Crippen LogP contribution in [0.5, 0.6) is 11.5 Å². The van der Waals surface area contributed by atoms with Crippen molar-refractivity contribution in [2.75, 3.05) is 26.3 Å². The summed E-state index contributed by atoms with van der Waals surface area (Å²) in [4.78, 5) is 13.0. The van der Waals surface area contributed by atoms with Crippen LogP contribution in [0, 0.1) is 11.3 Å². The Balaban J connectivity index is 0.00000196. The predicted molar refractivity (Wildman–Crippen MR) is 103 cm³/mol. The van der Waals surface area contributed by atoms with Gasteiger partial charge in [0.05, 0.1) is 23.7 Å². The topological polar surface area (TPSA) is 59.6 Å². The van der Waals surface area contributed by atoms with Gasteiger partial charge >= 0.3 is 0 Å². The molecule has 2 heterocycles. The van der Waals surface area contributed by atoms with Crippen molar-refractivity contribution in [3.8, 4) is 11.5 Å². The highest BCUT2D eigenvalue weighted by molar-refractivity contribution is 6.32. The normalized spacial score (nSPS) is 27.0. The molecular formula is C19H26Cl2N2O3. The van der Waals surface area contributed by atoms with Gasteiger partial charge in [-0.05, 0) is 43.0 Å². The molecule has 144 valence electrons. The first-order chi connectivity index (χ1) is 12.2. The molecule has 1 aromatic carbocycles. The van der Waals surface area contributed by atoms with Crippen molar-refractivity contribution in [3.05, 3.63) is 22.7 Å². The number of ether oxygens (including phenoxy) is 2. The van der Waals surface area contributed by atoms with Crippen molar-refractivity contribution in [2.45, 2.75) is 38.6 Å². The number of nitrogens with one attached hydrogen (secondary N) is 2. The molecule has 5 nitrogen and oxygen atoms in total. The summed E-state index contributed by atoms with van der Waals surface area (Å²) in [6, 6.07) is 3.79. The summed E-state index contributed by atoms with van der Waals surface area (Å²) >= 11 is 6.34. The number of hydrogen-bond donors (Lipinski definition) is 2. The van der Waals surface area contributed by atoms with Crippen molar-refractivity contribution in [1.29, 1.82) is 0 Å². The summed E-state index contributed by atoms with van der Waals surface area (Å²) in [7, 11) is 0. The van der Waals surface area contributed by atoms with Crippen molar-refractivity contribution >= 4 is 29.9 Å². The lowest BCUT2D eigenvalue weighted by atomic mass is 9.67. The number of benzene rings is 1. The molecule has 7 heteroatoms. The maximum atomic E-state index is 13.0. The lowest BCUT2D eigenvalue weighted by Crippen LogP contribution is -2.47. The summed E-state index contributed by atoms with van der Waals surface area (Å²) < 4.78 is 11.4. The summed E-state index contributed by atoms with van der Waals surface area (Å²) in [5, 5.41) is 7.11. The van der Waals surface area contributed by atoms with E-state index in [0.29, 0.717) is 42.2 Å². The molecule has 1 amide bonds. The van der Waals surface area contributed by atoms with Crippen LogP contribution in [0.15, 0.2) is 12.1 Å². The Bertz CT molecular complexity index is 670. The molecule has 0 spiro atoms. The van der Waals surface area contributed by atoms with Crippen molar-refractivity contribution in [1.82, 2.24) is 10.6 Å². The van der Waals surface area contributed by atoms with Gasteiger partial charge in [-0.2, -0.15) is 0 Å². The van der Waals surface area contributed by atoms with Crippen LogP contribution in [0.1, 0.15) is 37.7 Å². The zero-order chi connectivity index (χ0) is 17.3. The van der Waals surface area contributed by atoms with E-state index in [1.807, 2.05) is 12.1 Å². The Morgan fingerprint density at radius 3 is 3.00 bits per heavy atom. The van der Waals surface area contributed by atoms with E-state index in [-0.39, 0.29) is 23.7 Å². The maximum absolute atomic E-state index is 13.0. The Hall–Kier alpha value is -1.17. The average Bonchev–Trinajstić information content (AvgIpc) is 2.92. The quantitative estimate of drug-likeness (QED) is 0.816. The van der Waals surface area contributed by atoms with Crippen molar-refractivity contribution in [2.24, 2.45) is 11.3 Å². The van der Waals surface area contributed by atoms with E-state index in [0.717, 1.165) is 44.3 Å². The number of carbonyl (C=O) groups is 1. The van der Waals surface area contributed by atoms with E-state index in [4.69, 9.17) is 21.1 Å². The van der Waals surface area contributed by atoms with Gasteiger partial charge in [-0.3, -0.25) is 4.79 Å². The lowest BCUT2D eigenvalue weighted by molar-refractivity contribution is -0.134. The summed E-state index contributed by atoms with van der Waals surface area (Å²) in [5.41, 5.74) is 0.713. The minimum Gasteiger partial charge on any atom is -0.489 e. The van der Waals surface area contributed by atoms with E-state index < -0.39 is 0 Å². The molecule has 3 aliphatic rings. The van der Waals surface area contributed by atoms with E-state index in [1.165, 1.54) is 6.42 Å². The third kappa shape index (κ3) is 3.62. The minimum atomic E-state index is -0.229. The molecule has 1 aliphatic carbocycles. The first-order valence-electron chi connectivity index (χ1n) is 9.26. The van der Waals surface area contributed by atoms with Gasteiger partial charge < -0.3 is 20.1 Å². The van der Waals surface area contributed by atoms with E-state index >= 15 is 0 Å². The zero-order valence-electron chi connectivity index (χ0n) is 14.8. The summed E-state index contributed by atoms with van der Waals surface area (Å²) in [6.07, 6.45) is 5.35. The highest BCUT2D eigenvalue weighted by Gasteiger charge is 2.49. The number of hydrogen-bond acceptors (Lipinski definition) is 4. The third-order valence-corrected chi connectivity index (χ3v) is 6.09. The molecule has 0 aromatic heterocycles. The van der Waals surface area contributed by atoms with Crippen LogP contribution in [0.2, 0.25) is 5.02 Å². The van der Waals surface area contributed by atoms with Crippen molar-refractivity contribution in [3.63, 3.8) is 0 Å². The largest absolute Gasteiger partial charge is 0.489 e. The number of halogens is 2. The Kier molecular flexibility index (Phi) is 6.21. The number of rotatable bonds is 3. The first kappa shape index (κ1) is 19.6. The molecule has 2 fully saturated rings. The number of fused-ring (bicyclic) bond motifs is 2. The van der Waals surface area contributed by atoms with Crippen LogP contribution in [-0.4, -0.2) is 32.2 Å². The van der Waals surface area contributed by atoms with Gasteiger partial charge in [-0.25, -0.2) is 0 Å². The smallest absolute Gasteiger partial charge is 0.228 e. The Labute approximate surface area is 165 Å². The molecule has 1 saturated heterocycles. The standard InChI is InChI=1S/C19H25ClN2O3.ClH/c20-15-8-13(9-16-17(15)25-7-3-6-24-16)10-22-18(23)19-5-2-1-4-14(19)11-21-12-19;/h8-9,14,21H,1-7,10-12H2,(H,22,23);1H/t14-,19+;/m0./s1. The highest BCUT2D eigenvalue weighted by Crippen LogP contribution is 2.44. The first-order valence-corrected chi connectivity index (χ1v) is 9.64. The highest BCUT2D eigenvalue weighted by atomic mass is 35.5. The molecule has 0 unspecified atom stereocenters. The molecule has 0 radical (unpaired) electrons. The van der Waals surface area contributed by atoms with Crippen LogP contribution in [0.25, 0.3) is 0 Å². The Morgan fingerprint density at radius 2 is 2.12 bits per heavy atom. The molecule has 1 saturated carbocycles. The van der Waals surface area contributed by atoms with Gasteiger partial charge in [0, 0.05) is 19.5 Å². The van der Waals surface area contributed by atoms with Gasteiger partial charge in [-0.1, -0.05) is 24.4 Å². The van der Waals surface area contributed by atoms with Gasteiger partial charge in [0.2, 0.25) is 5.91 Å². The zero-order valence-corrected chi connectivity index (χ0v) is 16.4. The third-order valence-electron chi connectivity index (χ3n) is 5.81. The van der Waals surface area contributed by atoms with Gasteiger partial charge in [0.1, 0.15) is 0 Å². The van der Waals surface area contributed by atoms with Crippen LogP contribution >= 0.6 is 24.0 Å². The second kappa shape index (κ2) is 8.24. The van der Waals surface area contributed by atoms with Gasteiger partial charge in [-0.15, -0.1) is 12.4 Å². The minimum absolute atomic E-state index is 0. The maximum Gasteiger partial charge on any atom is 0.228 e. The van der Waals surface area contributed by atoms with E-state index in [9.17, 15) is 4.79 Å². The fourth-order valence-electron chi connectivity index (χ4n) is 4.44. The van der Waals surface area contributed by atoms with Crippen LogP contribution in [0.4, 0.5) is 0 Å². The van der Waals surface area contributed by atoms with E-state index in [2.05, 4.69) is 10.6 Å².